The molecule has 0 bridgehead atoms. The van der Waals surface area contributed by atoms with E-state index in [0.717, 1.165) is 0 Å². The predicted molar refractivity (Wildman–Crippen MR) is 98.8 cm³/mol. The Morgan fingerprint density at radius 2 is 1.89 bits per heavy atom. The van der Waals surface area contributed by atoms with Crippen molar-refractivity contribution < 1.29 is 22.7 Å². The molecule has 2 rings (SSSR count). The summed E-state index contributed by atoms with van der Waals surface area (Å²) >= 11 is 0. The van der Waals surface area contributed by atoms with Crippen LogP contribution in [-0.4, -0.2) is 32.2 Å². The molecule has 8 heteroatoms. The third kappa shape index (κ3) is 4.92. The Morgan fingerprint density at radius 1 is 1.19 bits per heavy atom. The van der Waals surface area contributed by atoms with Crippen molar-refractivity contribution in [1.29, 1.82) is 5.26 Å². The van der Waals surface area contributed by atoms with Crippen molar-refractivity contribution in [2.75, 3.05) is 11.1 Å². The largest absolute Gasteiger partial charge is 0.449 e. The van der Waals surface area contributed by atoms with Crippen molar-refractivity contribution in [3.63, 3.8) is 0 Å². The van der Waals surface area contributed by atoms with Crippen molar-refractivity contribution in [2.24, 2.45) is 0 Å². The number of nitrogens with one attached hydrogen (secondary N) is 1. The van der Waals surface area contributed by atoms with Crippen LogP contribution in [0.15, 0.2) is 53.4 Å². The number of ether oxygens (including phenoxy) is 1. The fourth-order valence-corrected chi connectivity index (χ4v) is 3.33. The maximum Gasteiger partial charge on any atom is 0.340 e. The summed E-state index contributed by atoms with van der Waals surface area (Å²) in [5.74, 6) is -1.67. The summed E-state index contributed by atoms with van der Waals surface area (Å²) in [5.41, 5.74) is 0.637. The Labute approximate surface area is 157 Å². The molecule has 0 aliphatic carbocycles. The number of carbonyl (C=O) groups excluding carboxylic acids is 2. The minimum Gasteiger partial charge on any atom is -0.449 e. The first kappa shape index (κ1) is 20.1. The highest BCUT2D eigenvalue weighted by atomic mass is 32.2. The lowest BCUT2D eigenvalue weighted by molar-refractivity contribution is -0.123. The maximum atomic E-state index is 12.4. The number of carbonyl (C=O) groups is 2. The van der Waals surface area contributed by atoms with Gasteiger partial charge in [-0.05, 0) is 37.3 Å². The molecule has 1 N–H and O–H groups in total. The monoisotopic (exact) mass is 386 g/mol. The second-order valence-electron chi connectivity index (χ2n) is 5.63. The van der Waals surface area contributed by atoms with E-state index >= 15 is 0 Å². The van der Waals surface area contributed by atoms with Crippen LogP contribution in [0, 0.1) is 11.3 Å². The fraction of sp³-hybridized carbons (Fsp3) is 0.211. The topological polar surface area (TPSA) is 113 Å². The number of rotatable bonds is 6. The van der Waals surface area contributed by atoms with Crippen molar-refractivity contribution in [2.45, 2.75) is 24.8 Å². The SMILES string of the molecule is CCS(=O)(=O)c1ccccc1C(=O)O[C@@H](C)C(=O)Nc1cccc(C#N)c1. The molecule has 0 fully saturated rings. The first-order valence-corrected chi connectivity index (χ1v) is 9.77. The van der Waals surface area contributed by atoms with Crippen molar-refractivity contribution in [1.82, 2.24) is 0 Å². The van der Waals surface area contributed by atoms with E-state index in [4.69, 9.17) is 10.00 Å². The van der Waals surface area contributed by atoms with Crippen LogP contribution in [0.5, 0.6) is 0 Å². The normalized spacial score (nSPS) is 11.9. The number of nitrogens with zero attached hydrogens (tertiary/aromatic N) is 1. The number of hydrogen-bond donors (Lipinski definition) is 1. The van der Waals surface area contributed by atoms with Gasteiger partial charge < -0.3 is 10.1 Å². The molecule has 0 heterocycles. The Hall–Kier alpha value is -3.18. The molecule has 0 radical (unpaired) electrons. The zero-order valence-corrected chi connectivity index (χ0v) is 15.6. The van der Waals surface area contributed by atoms with E-state index in [9.17, 15) is 18.0 Å². The number of benzene rings is 2. The van der Waals surface area contributed by atoms with E-state index in [1.807, 2.05) is 6.07 Å². The van der Waals surface area contributed by atoms with E-state index in [-0.39, 0.29) is 16.2 Å². The van der Waals surface area contributed by atoms with E-state index < -0.39 is 27.8 Å². The van der Waals surface area contributed by atoms with Gasteiger partial charge in [-0.3, -0.25) is 4.79 Å². The second kappa shape index (κ2) is 8.47. The molecule has 1 atom stereocenters. The Kier molecular flexibility index (Phi) is 6.32. The minimum absolute atomic E-state index is 0.120. The fourth-order valence-electron chi connectivity index (χ4n) is 2.25. The molecule has 1 amide bonds. The molecule has 0 aliphatic heterocycles. The molecule has 0 saturated heterocycles. The first-order chi connectivity index (χ1) is 12.8. The van der Waals surface area contributed by atoms with Crippen molar-refractivity contribution >= 4 is 27.4 Å². The lowest BCUT2D eigenvalue weighted by Gasteiger charge is -2.15. The van der Waals surface area contributed by atoms with Crippen molar-refractivity contribution in [3.8, 4) is 6.07 Å². The average Bonchev–Trinajstić information content (AvgIpc) is 2.67. The Morgan fingerprint density at radius 3 is 2.56 bits per heavy atom. The zero-order chi connectivity index (χ0) is 20.0. The second-order valence-corrected chi connectivity index (χ2v) is 7.88. The number of anilines is 1. The van der Waals surface area contributed by atoms with Crippen LogP contribution in [0.25, 0.3) is 0 Å². The molecule has 140 valence electrons. The highest BCUT2D eigenvalue weighted by Crippen LogP contribution is 2.19. The standard InChI is InChI=1S/C19H18N2O5S/c1-3-27(24,25)17-10-5-4-9-16(17)19(23)26-13(2)18(22)21-15-8-6-7-14(11-15)12-20/h4-11,13H,3H2,1-2H3,(H,21,22)/t13-/m0/s1. The highest BCUT2D eigenvalue weighted by molar-refractivity contribution is 7.91. The smallest absolute Gasteiger partial charge is 0.340 e. The summed E-state index contributed by atoms with van der Waals surface area (Å²) in [4.78, 5) is 24.5. The lowest BCUT2D eigenvalue weighted by Crippen LogP contribution is -2.30. The third-order valence-electron chi connectivity index (χ3n) is 3.73. The summed E-state index contributed by atoms with van der Waals surface area (Å²) in [7, 11) is -3.62. The zero-order valence-electron chi connectivity index (χ0n) is 14.8. The summed E-state index contributed by atoms with van der Waals surface area (Å²) in [6.07, 6.45) is -1.17. The molecule has 0 saturated carbocycles. The van der Waals surface area contributed by atoms with Gasteiger partial charge >= 0.3 is 5.97 Å². The molecule has 0 aromatic heterocycles. The predicted octanol–water partition coefficient (Wildman–Crippen LogP) is 2.54. The lowest BCUT2D eigenvalue weighted by atomic mass is 10.2. The van der Waals surface area contributed by atoms with Crippen molar-refractivity contribution in [3.05, 3.63) is 59.7 Å². The van der Waals surface area contributed by atoms with Crippen LogP contribution in [0.3, 0.4) is 0 Å². The van der Waals surface area contributed by atoms with Crippen LogP contribution in [0.4, 0.5) is 5.69 Å². The summed E-state index contributed by atoms with van der Waals surface area (Å²) in [6, 6.07) is 13.9. The van der Waals surface area contributed by atoms with E-state index in [0.29, 0.717) is 11.3 Å². The molecule has 7 nitrogen and oxygen atoms in total. The number of nitriles is 1. The third-order valence-corrected chi connectivity index (χ3v) is 5.52. The van der Waals surface area contributed by atoms with Crippen LogP contribution in [0.1, 0.15) is 29.8 Å². The van der Waals surface area contributed by atoms with Crippen LogP contribution >= 0.6 is 0 Å². The van der Waals surface area contributed by atoms with Gasteiger partial charge in [-0.15, -0.1) is 0 Å². The number of amides is 1. The van der Waals surface area contributed by atoms with Gasteiger partial charge in [0.2, 0.25) is 0 Å². The summed E-state index contributed by atoms with van der Waals surface area (Å²) in [6.45, 7) is 2.85. The molecular weight excluding hydrogens is 368 g/mol. The molecule has 2 aromatic rings. The van der Waals surface area contributed by atoms with Gasteiger partial charge in [-0.2, -0.15) is 5.26 Å². The first-order valence-electron chi connectivity index (χ1n) is 8.12. The number of hydrogen-bond acceptors (Lipinski definition) is 6. The number of sulfone groups is 1. The van der Waals surface area contributed by atoms with E-state index in [2.05, 4.69) is 5.32 Å². The summed E-state index contributed by atoms with van der Waals surface area (Å²) in [5, 5.41) is 11.4. The molecule has 0 spiro atoms. The van der Waals surface area contributed by atoms with Gasteiger partial charge in [-0.25, -0.2) is 13.2 Å². The number of esters is 1. The summed E-state index contributed by atoms with van der Waals surface area (Å²) < 4.78 is 29.4. The van der Waals surface area contributed by atoms with Gasteiger partial charge in [0.15, 0.2) is 15.9 Å². The Balaban J connectivity index is 2.14. The Bertz CT molecular complexity index is 1010. The molecule has 27 heavy (non-hydrogen) atoms. The highest BCUT2D eigenvalue weighted by Gasteiger charge is 2.25. The van der Waals surface area contributed by atoms with Gasteiger partial charge in [0.1, 0.15) is 0 Å². The van der Waals surface area contributed by atoms with E-state index in [1.54, 1.807) is 18.2 Å². The quantitative estimate of drug-likeness (QED) is 0.763. The average molecular weight is 386 g/mol. The molecule has 0 unspecified atom stereocenters. The molecule has 0 aliphatic rings. The maximum absolute atomic E-state index is 12.4. The minimum atomic E-state index is -3.62. The molecule has 2 aromatic carbocycles. The van der Waals surface area contributed by atoms with Crippen LogP contribution in [0.2, 0.25) is 0 Å². The van der Waals surface area contributed by atoms with Gasteiger partial charge in [0.05, 0.1) is 27.8 Å². The van der Waals surface area contributed by atoms with Crippen LogP contribution in [-0.2, 0) is 19.4 Å². The van der Waals surface area contributed by atoms with E-state index in [1.165, 1.54) is 44.2 Å². The van der Waals surface area contributed by atoms with Gasteiger partial charge in [0.25, 0.3) is 5.91 Å². The molecular formula is C19H18N2O5S. The van der Waals surface area contributed by atoms with Gasteiger partial charge in [0, 0.05) is 5.69 Å². The van der Waals surface area contributed by atoms with Gasteiger partial charge in [-0.1, -0.05) is 25.1 Å². The van der Waals surface area contributed by atoms with Crippen LogP contribution < -0.4 is 5.32 Å².